The second-order valence-corrected chi connectivity index (χ2v) is 4.27. The van der Waals surface area contributed by atoms with Gasteiger partial charge < -0.3 is 0 Å². The fourth-order valence-corrected chi connectivity index (χ4v) is 1.48. The molecule has 4 nitrogen and oxygen atoms in total. The molecule has 0 aliphatic carbocycles. The summed E-state index contributed by atoms with van der Waals surface area (Å²) in [5.74, 6) is 0. The number of hydrogen-bond donors (Lipinski definition) is 2. The van der Waals surface area contributed by atoms with Crippen LogP contribution in [0.15, 0.2) is 0 Å². The molecular weight excluding hydrogens is 221 g/mol. The van der Waals surface area contributed by atoms with Crippen LogP contribution in [0.25, 0.3) is 0 Å². The Bertz CT molecular complexity index is 250. The Hall–Kier alpha value is -0.340. The predicted octanol–water partition coefficient (Wildman–Crippen LogP) is 0.773. The normalized spacial score (nSPS) is 13.1. The molecule has 8 heteroatoms. The number of halogens is 3. The quantitative estimate of drug-likeness (QED) is 0.667. The zero-order chi connectivity index (χ0) is 11.2. The maximum absolute atomic E-state index is 11.6. The largest absolute Gasteiger partial charge is 0.402 e. The Morgan fingerprint density at radius 1 is 1.21 bits per heavy atom. The Labute approximate surface area is 81.1 Å². The lowest BCUT2D eigenvalue weighted by Crippen LogP contribution is -2.41. The molecule has 0 aliphatic rings. The molecule has 0 unspecified atom stereocenters. The van der Waals surface area contributed by atoms with E-state index in [1.807, 2.05) is 11.6 Å². The van der Waals surface area contributed by atoms with Gasteiger partial charge in [0, 0.05) is 6.54 Å². The highest BCUT2D eigenvalue weighted by atomic mass is 32.2. The number of rotatable bonds is 6. The van der Waals surface area contributed by atoms with Crippen molar-refractivity contribution >= 4 is 10.2 Å². The molecule has 0 saturated heterocycles. The third-order valence-electron chi connectivity index (χ3n) is 1.29. The topological polar surface area (TPSA) is 58.2 Å². The van der Waals surface area contributed by atoms with E-state index in [4.69, 9.17) is 0 Å². The zero-order valence-electron chi connectivity index (χ0n) is 7.69. The van der Waals surface area contributed by atoms with Gasteiger partial charge in [0.25, 0.3) is 10.2 Å². The van der Waals surface area contributed by atoms with Crippen LogP contribution < -0.4 is 9.44 Å². The summed E-state index contributed by atoms with van der Waals surface area (Å²) in [5.41, 5.74) is 0. The van der Waals surface area contributed by atoms with Gasteiger partial charge in [-0.15, -0.1) is 0 Å². The first-order valence-electron chi connectivity index (χ1n) is 4.08. The van der Waals surface area contributed by atoms with E-state index >= 15 is 0 Å². The van der Waals surface area contributed by atoms with Crippen LogP contribution >= 0.6 is 0 Å². The van der Waals surface area contributed by atoms with Gasteiger partial charge in [0.05, 0.1) is 0 Å². The van der Waals surface area contributed by atoms with Gasteiger partial charge in [-0.25, -0.2) is 4.72 Å². The van der Waals surface area contributed by atoms with Gasteiger partial charge in [-0.1, -0.05) is 13.3 Å². The van der Waals surface area contributed by atoms with Crippen LogP contribution in [-0.2, 0) is 10.2 Å². The van der Waals surface area contributed by atoms with E-state index in [-0.39, 0.29) is 6.54 Å². The highest BCUT2D eigenvalue weighted by Gasteiger charge is 2.29. The number of nitrogens with one attached hydrogen (secondary N) is 2. The fraction of sp³-hybridized carbons (Fsp3) is 1.00. The summed E-state index contributed by atoms with van der Waals surface area (Å²) >= 11 is 0. The van der Waals surface area contributed by atoms with Crippen molar-refractivity contribution < 1.29 is 21.6 Å². The van der Waals surface area contributed by atoms with Crippen molar-refractivity contribution in [3.05, 3.63) is 0 Å². The van der Waals surface area contributed by atoms with Crippen LogP contribution in [0.4, 0.5) is 13.2 Å². The second kappa shape index (κ2) is 5.52. The molecule has 0 aliphatic heterocycles. The Kier molecular flexibility index (Phi) is 5.38. The van der Waals surface area contributed by atoms with Crippen LogP contribution in [-0.4, -0.2) is 27.7 Å². The SMILES string of the molecule is CCCCNS(=O)(=O)NCC(F)(F)F. The van der Waals surface area contributed by atoms with E-state index in [0.717, 1.165) is 6.42 Å². The Morgan fingerprint density at radius 2 is 1.79 bits per heavy atom. The number of alkyl halides is 3. The molecule has 0 heterocycles. The molecule has 0 atom stereocenters. The van der Waals surface area contributed by atoms with E-state index < -0.39 is 22.9 Å². The summed E-state index contributed by atoms with van der Waals surface area (Å²) in [6.45, 7) is 0.440. The van der Waals surface area contributed by atoms with Crippen LogP contribution in [0, 0.1) is 0 Å². The maximum atomic E-state index is 11.6. The third-order valence-corrected chi connectivity index (χ3v) is 2.39. The molecular formula is C6H13F3N2O2S. The molecule has 0 saturated carbocycles. The summed E-state index contributed by atoms with van der Waals surface area (Å²) in [6.07, 6.45) is -3.17. The molecule has 0 amide bonds. The molecule has 0 aromatic rings. The van der Waals surface area contributed by atoms with Gasteiger partial charge in [-0.3, -0.25) is 0 Å². The van der Waals surface area contributed by atoms with E-state index in [1.54, 1.807) is 0 Å². The lowest BCUT2D eigenvalue weighted by Gasteiger charge is -2.09. The van der Waals surface area contributed by atoms with Crippen LogP contribution in [0.1, 0.15) is 19.8 Å². The van der Waals surface area contributed by atoms with Crippen molar-refractivity contribution in [3.63, 3.8) is 0 Å². The Morgan fingerprint density at radius 3 is 2.21 bits per heavy atom. The summed E-state index contributed by atoms with van der Waals surface area (Å²) in [7, 11) is -4.01. The molecule has 0 aromatic heterocycles. The molecule has 0 rings (SSSR count). The summed E-state index contributed by atoms with van der Waals surface area (Å²) in [6, 6.07) is 0. The minimum absolute atomic E-state index is 0.143. The lowest BCUT2D eigenvalue weighted by atomic mass is 10.3. The molecule has 14 heavy (non-hydrogen) atoms. The maximum Gasteiger partial charge on any atom is 0.402 e. The minimum atomic E-state index is -4.53. The summed E-state index contributed by atoms with van der Waals surface area (Å²) < 4.78 is 59.9. The van der Waals surface area contributed by atoms with Crippen LogP contribution in [0.2, 0.25) is 0 Å². The highest BCUT2D eigenvalue weighted by Crippen LogP contribution is 2.12. The Balaban J connectivity index is 3.85. The van der Waals surface area contributed by atoms with Crippen molar-refractivity contribution in [1.29, 1.82) is 0 Å². The van der Waals surface area contributed by atoms with Gasteiger partial charge in [0.2, 0.25) is 0 Å². The van der Waals surface area contributed by atoms with Crippen molar-refractivity contribution in [1.82, 2.24) is 9.44 Å². The van der Waals surface area contributed by atoms with Gasteiger partial charge in [0.1, 0.15) is 6.54 Å². The van der Waals surface area contributed by atoms with Crippen LogP contribution in [0.3, 0.4) is 0 Å². The highest BCUT2D eigenvalue weighted by molar-refractivity contribution is 7.87. The first kappa shape index (κ1) is 13.7. The molecule has 0 aromatic carbocycles. The molecule has 0 spiro atoms. The average molecular weight is 234 g/mol. The number of unbranched alkanes of at least 4 members (excludes halogenated alkanes) is 1. The van der Waals surface area contributed by atoms with Gasteiger partial charge >= 0.3 is 6.18 Å². The number of hydrogen-bond acceptors (Lipinski definition) is 2. The van der Waals surface area contributed by atoms with Crippen molar-refractivity contribution in [2.75, 3.05) is 13.1 Å². The monoisotopic (exact) mass is 234 g/mol. The second-order valence-electron chi connectivity index (χ2n) is 2.69. The van der Waals surface area contributed by atoms with Crippen molar-refractivity contribution in [2.24, 2.45) is 0 Å². The lowest BCUT2D eigenvalue weighted by molar-refractivity contribution is -0.121. The molecule has 86 valence electrons. The summed E-state index contributed by atoms with van der Waals surface area (Å²) in [4.78, 5) is 0. The van der Waals surface area contributed by atoms with Crippen molar-refractivity contribution in [2.45, 2.75) is 25.9 Å². The molecule has 0 fully saturated rings. The fourth-order valence-electron chi connectivity index (χ4n) is 0.611. The minimum Gasteiger partial charge on any atom is -0.202 e. The van der Waals surface area contributed by atoms with E-state index in [1.165, 1.54) is 4.72 Å². The summed E-state index contributed by atoms with van der Waals surface area (Å²) in [5, 5.41) is 0. The average Bonchev–Trinajstić information content (AvgIpc) is 2.00. The van der Waals surface area contributed by atoms with E-state index in [9.17, 15) is 21.6 Å². The molecule has 0 bridgehead atoms. The van der Waals surface area contributed by atoms with E-state index in [2.05, 4.69) is 0 Å². The predicted molar refractivity (Wildman–Crippen MR) is 45.9 cm³/mol. The standard InChI is InChI=1S/C6H13F3N2O2S/c1-2-3-4-10-14(12,13)11-5-6(7,8)9/h10-11H,2-5H2,1H3. The molecule has 2 N–H and O–H groups in total. The molecule has 0 radical (unpaired) electrons. The van der Waals surface area contributed by atoms with E-state index in [0.29, 0.717) is 6.42 Å². The third kappa shape index (κ3) is 8.27. The van der Waals surface area contributed by atoms with Gasteiger partial charge in [0.15, 0.2) is 0 Å². The van der Waals surface area contributed by atoms with Gasteiger partial charge in [-0.2, -0.15) is 26.3 Å². The van der Waals surface area contributed by atoms with Gasteiger partial charge in [-0.05, 0) is 6.42 Å². The zero-order valence-corrected chi connectivity index (χ0v) is 8.50. The van der Waals surface area contributed by atoms with Crippen molar-refractivity contribution in [3.8, 4) is 0 Å². The first-order chi connectivity index (χ1) is 6.27. The first-order valence-corrected chi connectivity index (χ1v) is 5.56. The van der Waals surface area contributed by atoms with Crippen LogP contribution in [0.5, 0.6) is 0 Å². The smallest absolute Gasteiger partial charge is 0.202 e.